The molecule has 0 bridgehead atoms. The fraction of sp³-hybridized carbons (Fsp3) is 0.286. The monoisotopic (exact) mass is 281 g/mol. The van der Waals surface area contributed by atoms with E-state index in [1.165, 1.54) is 5.56 Å². The molecule has 0 unspecified atom stereocenters. The molecule has 0 radical (unpaired) electrons. The number of aromatic carboxylic acids is 1. The minimum atomic E-state index is -0.969. The molecule has 2 aromatic rings. The van der Waals surface area contributed by atoms with Crippen LogP contribution in [0.5, 0.6) is 0 Å². The van der Waals surface area contributed by atoms with Crippen LogP contribution in [0.25, 0.3) is 0 Å². The number of nitrogens with zero attached hydrogens (tertiary/aromatic N) is 1. The maximum atomic E-state index is 11.0. The van der Waals surface area contributed by atoms with Crippen molar-refractivity contribution in [3.8, 4) is 0 Å². The van der Waals surface area contributed by atoms with Gasteiger partial charge >= 0.3 is 5.97 Å². The Hall–Kier alpha value is -1.81. The van der Waals surface area contributed by atoms with Gasteiger partial charge in [0.05, 0.1) is 5.69 Å². The average molecular weight is 282 g/mol. The molecule has 0 amide bonds. The molecule has 0 saturated heterocycles. The predicted molar refractivity (Wildman–Crippen MR) is 73.9 cm³/mol. The van der Waals surface area contributed by atoms with Gasteiger partial charge in [-0.25, -0.2) is 4.79 Å². The Morgan fingerprint density at radius 1 is 1.26 bits per heavy atom. The number of carbonyl (C=O) groups is 1. The molecular formula is C14H16ClNO3. The second-order valence-corrected chi connectivity index (χ2v) is 4.20. The van der Waals surface area contributed by atoms with Crippen LogP contribution in [0.1, 0.15) is 33.8 Å². The quantitative estimate of drug-likeness (QED) is 0.913. The third-order valence-electron chi connectivity index (χ3n) is 2.87. The molecule has 0 aliphatic rings. The Morgan fingerprint density at radius 3 is 2.58 bits per heavy atom. The summed E-state index contributed by atoms with van der Waals surface area (Å²) in [7, 11) is 0. The second-order valence-electron chi connectivity index (χ2n) is 4.20. The molecule has 0 fully saturated rings. The van der Waals surface area contributed by atoms with Crippen molar-refractivity contribution >= 4 is 18.4 Å². The molecule has 0 spiro atoms. The van der Waals surface area contributed by atoms with E-state index in [4.69, 9.17) is 9.63 Å². The van der Waals surface area contributed by atoms with Crippen molar-refractivity contribution < 1.29 is 14.4 Å². The van der Waals surface area contributed by atoms with Gasteiger partial charge in [0.25, 0.3) is 0 Å². The summed E-state index contributed by atoms with van der Waals surface area (Å²) >= 11 is 0. The van der Waals surface area contributed by atoms with E-state index in [0.717, 1.165) is 12.8 Å². The van der Waals surface area contributed by atoms with Gasteiger partial charge in [0.1, 0.15) is 11.3 Å². The highest BCUT2D eigenvalue weighted by Gasteiger charge is 2.18. The van der Waals surface area contributed by atoms with Crippen LogP contribution >= 0.6 is 12.4 Å². The number of aryl methyl sites for hydroxylation is 3. The lowest BCUT2D eigenvalue weighted by Gasteiger charge is -2.00. The van der Waals surface area contributed by atoms with E-state index in [1.807, 2.05) is 18.2 Å². The van der Waals surface area contributed by atoms with Crippen LogP contribution in [-0.4, -0.2) is 16.2 Å². The molecule has 0 aliphatic heterocycles. The summed E-state index contributed by atoms with van der Waals surface area (Å²) in [5.74, 6) is -0.597. The lowest BCUT2D eigenvalue weighted by atomic mass is 10.0. The van der Waals surface area contributed by atoms with Gasteiger partial charge in [0.2, 0.25) is 0 Å². The van der Waals surface area contributed by atoms with Gasteiger partial charge in [0.15, 0.2) is 0 Å². The van der Waals surface area contributed by atoms with Crippen LogP contribution in [0.15, 0.2) is 34.9 Å². The molecule has 1 aromatic carbocycles. The molecule has 1 aromatic heterocycles. The Kier molecular flexibility index (Phi) is 5.57. The number of aromatic nitrogens is 1. The molecule has 0 saturated carbocycles. The standard InChI is InChI=1S/C14H15NO3.ClH/c1-10-13(14(16)17)12(15-18-10)9-5-8-11-6-3-2-4-7-11;/h2-4,6-7H,5,8-9H2,1H3,(H,16,17);1H. The summed E-state index contributed by atoms with van der Waals surface area (Å²) in [5.41, 5.74) is 1.99. The van der Waals surface area contributed by atoms with Crippen molar-refractivity contribution in [2.24, 2.45) is 0 Å². The fourth-order valence-electron chi connectivity index (χ4n) is 1.97. The minimum absolute atomic E-state index is 0. The van der Waals surface area contributed by atoms with Crippen molar-refractivity contribution in [2.45, 2.75) is 26.2 Å². The Morgan fingerprint density at radius 2 is 1.95 bits per heavy atom. The van der Waals surface area contributed by atoms with Gasteiger partial charge in [-0.15, -0.1) is 12.4 Å². The first-order valence-corrected chi connectivity index (χ1v) is 5.91. The lowest BCUT2D eigenvalue weighted by molar-refractivity contribution is 0.0694. The van der Waals surface area contributed by atoms with Crippen LogP contribution in [-0.2, 0) is 12.8 Å². The van der Waals surface area contributed by atoms with Gasteiger partial charge in [-0.1, -0.05) is 35.5 Å². The van der Waals surface area contributed by atoms with Gasteiger partial charge in [-0.05, 0) is 31.7 Å². The first-order valence-electron chi connectivity index (χ1n) is 5.91. The Bertz CT molecular complexity index is 537. The summed E-state index contributed by atoms with van der Waals surface area (Å²) in [6, 6.07) is 10.1. The van der Waals surface area contributed by atoms with E-state index in [-0.39, 0.29) is 18.0 Å². The number of carboxylic acid groups (broad SMARTS) is 1. The molecule has 4 nitrogen and oxygen atoms in total. The van der Waals surface area contributed by atoms with E-state index in [0.29, 0.717) is 17.9 Å². The molecular weight excluding hydrogens is 266 g/mol. The van der Waals surface area contributed by atoms with E-state index < -0.39 is 5.97 Å². The van der Waals surface area contributed by atoms with Gasteiger partial charge in [0, 0.05) is 0 Å². The third kappa shape index (κ3) is 3.83. The summed E-state index contributed by atoms with van der Waals surface area (Å²) < 4.78 is 4.93. The van der Waals surface area contributed by atoms with Crippen molar-refractivity contribution in [1.29, 1.82) is 0 Å². The highest BCUT2D eigenvalue weighted by molar-refractivity contribution is 5.89. The van der Waals surface area contributed by atoms with Crippen LogP contribution in [0.4, 0.5) is 0 Å². The van der Waals surface area contributed by atoms with Crippen LogP contribution < -0.4 is 0 Å². The summed E-state index contributed by atoms with van der Waals surface area (Å²) in [4.78, 5) is 11.0. The highest BCUT2D eigenvalue weighted by Crippen LogP contribution is 2.16. The number of carboxylic acids is 1. The van der Waals surface area contributed by atoms with E-state index in [9.17, 15) is 4.79 Å². The first-order chi connectivity index (χ1) is 8.68. The van der Waals surface area contributed by atoms with Crippen LogP contribution in [0.3, 0.4) is 0 Å². The molecule has 0 atom stereocenters. The number of hydrogen-bond donors (Lipinski definition) is 1. The number of rotatable bonds is 5. The molecule has 102 valence electrons. The highest BCUT2D eigenvalue weighted by atomic mass is 35.5. The zero-order valence-corrected chi connectivity index (χ0v) is 11.4. The van der Waals surface area contributed by atoms with E-state index >= 15 is 0 Å². The number of hydrogen-bond acceptors (Lipinski definition) is 3. The Balaban J connectivity index is 0.00000180. The second kappa shape index (κ2) is 6.95. The topological polar surface area (TPSA) is 63.3 Å². The Labute approximate surface area is 117 Å². The number of halogens is 1. The first kappa shape index (κ1) is 15.2. The SMILES string of the molecule is Cc1onc(CCCc2ccccc2)c1C(=O)O.Cl. The normalized spacial score (nSPS) is 9.95. The van der Waals surface area contributed by atoms with E-state index in [1.54, 1.807) is 6.92 Å². The maximum Gasteiger partial charge on any atom is 0.341 e. The van der Waals surface area contributed by atoms with Crippen molar-refractivity contribution in [2.75, 3.05) is 0 Å². The molecule has 0 aliphatic carbocycles. The van der Waals surface area contributed by atoms with Crippen molar-refractivity contribution in [3.05, 3.63) is 52.9 Å². The molecule has 5 heteroatoms. The lowest BCUT2D eigenvalue weighted by Crippen LogP contribution is -2.02. The van der Waals surface area contributed by atoms with Crippen molar-refractivity contribution in [1.82, 2.24) is 5.16 Å². The minimum Gasteiger partial charge on any atom is -0.477 e. The average Bonchev–Trinajstić information content (AvgIpc) is 2.72. The van der Waals surface area contributed by atoms with Crippen LogP contribution in [0, 0.1) is 6.92 Å². The third-order valence-corrected chi connectivity index (χ3v) is 2.87. The molecule has 1 heterocycles. The van der Waals surface area contributed by atoms with Crippen LogP contribution in [0.2, 0.25) is 0 Å². The van der Waals surface area contributed by atoms with Gasteiger partial charge in [-0.2, -0.15) is 0 Å². The largest absolute Gasteiger partial charge is 0.477 e. The summed E-state index contributed by atoms with van der Waals surface area (Å²) in [5, 5.41) is 12.9. The molecule has 1 N–H and O–H groups in total. The van der Waals surface area contributed by atoms with Crippen molar-refractivity contribution in [3.63, 3.8) is 0 Å². The number of benzene rings is 1. The zero-order chi connectivity index (χ0) is 13.0. The van der Waals surface area contributed by atoms with Gasteiger partial charge < -0.3 is 9.63 Å². The summed E-state index contributed by atoms with van der Waals surface area (Å²) in [6.07, 6.45) is 2.38. The fourth-order valence-corrected chi connectivity index (χ4v) is 1.97. The molecule has 19 heavy (non-hydrogen) atoms. The summed E-state index contributed by atoms with van der Waals surface area (Å²) in [6.45, 7) is 1.62. The maximum absolute atomic E-state index is 11.0. The van der Waals surface area contributed by atoms with E-state index in [2.05, 4.69) is 17.3 Å². The van der Waals surface area contributed by atoms with Gasteiger partial charge in [-0.3, -0.25) is 0 Å². The zero-order valence-electron chi connectivity index (χ0n) is 10.6. The molecule has 2 rings (SSSR count). The predicted octanol–water partition coefficient (Wildman–Crippen LogP) is 3.28. The smallest absolute Gasteiger partial charge is 0.341 e.